The third kappa shape index (κ3) is 5.05. The van der Waals surface area contributed by atoms with Gasteiger partial charge in [0, 0.05) is 18.7 Å². The molecule has 1 aliphatic heterocycles. The average Bonchev–Trinajstić information content (AvgIpc) is 3.29. The number of aromatic nitrogens is 2. The summed E-state index contributed by atoms with van der Waals surface area (Å²) in [6, 6.07) is 0.686. The van der Waals surface area contributed by atoms with Gasteiger partial charge in [0.15, 0.2) is 0 Å². The van der Waals surface area contributed by atoms with Crippen LogP contribution in [0.1, 0.15) is 50.5 Å². The van der Waals surface area contributed by atoms with Crippen LogP contribution >= 0.6 is 0 Å². The van der Waals surface area contributed by atoms with Gasteiger partial charge in [0.05, 0.1) is 19.1 Å². The van der Waals surface area contributed by atoms with E-state index in [1.807, 2.05) is 0 Å². The lowest BCUT2D eigenvalue weighted by Crippen LogP contribution is -2.57. The first-order chi connectivity index (χ1) is 13.9. The lowest BCUT2D eigenvalue weighted by molar-refractivity contribution is -0.221. The summed E-state index contributed by atoms with van der Waals surface area (Å²) in [4.78, 5) is 27.9. The first-order valence-electron chi connectivity index (χ1n) is 9.93. The van der Waals surface area contributed by atoms with Gasteiger partial charge < -0.3 is 15.0 Å². The molecule has 0 bridgehead atoms. The van der Waals surface area contributed by atoms with E-state index >= 15 is 0 Å². The largest absolute Gasteiger partial charge is 0.477 e. The van der Waals surface area contributed by atoms with Gasteiger partial charge in [-0.2, -0.15) is 13.2 Å². The van der Waals surface area contributed by atoms with Crippen LogP contribution in [0, 0.1) is 0 Å². The van der Waals surface area contributed by atoms with Gasteiger partial charge in [-0.25, -0.2) is 0 Å². The second kappa shape index (κ2) is 9.23. The maximum Gasteiger partial charge on any atom is 0.407 e. The summed E-state index contributed by atoms with van der Waals surface area (Å²) in [5.74, 6) is -0.686. The van der Waals surface area contributed by atoms with E-state index in [0.717, 1.165) is 18.2 Å². The van der Waals surface area contributed by atoms with Crippen molar-refractivity contribution in [3.8, 4) is 5.88 Å². The molecule has 170 valence electrons. The van der Waals surface area contributed by atoms with E-state index in [0.29, 0.717) is 25.5 Å². The number of halogens is 3. The van der Waals surface area contributed by atoms with Gasteiger partial charge in [0.25, 0.3) is 5.91 Å². The molecule has 0 saturated carbocycles. The van der Waals surface area contributed by atoms with Gasteiger partial charge in [0.1, 0.15) is 11.2 Å². The molecule has 1 saturated heterocycles. The van der Waals surface area contributed by atoms with Crippen molar-refractivity contribution in [1.29, 1.82) is 0 Å². The minimum atomic E-state index is -4.56. The lowest BCUT2D eigenvalue weighted by Gasteiger charge is -2.38. The average molecular weight is 433 g/mol. The molecule has 2 heterocycles. The summed E-state index contributed by atoms with van der Waals surface area (Å²) in [7, 11) is 2.59. The molecule has 3 atom stereocenters. The number of likely N-dealkylation sites (tertiary alicyclic amines) is 1. The number of hydrogen-bond donors (Lipinski definition) is 2. The number of ether oxygens (including phenoxy) is 1. The predicted molar refractivity (Wildman–Crippen MR) is 104 cm³/mol. The molecule has 0 aliphatic carbocycles. The van der Waals surface area contributed by atoms with E-state index in [4.69, 9.17) is 4.74 Å². The minimum absolute atomic E-state index is 0.265. The molecule has 2 amide bonds. The lowest BCUT2D eigenvalue weighted by atomic mass is 9.94. The third-order valence-electron chi connectivity index (χ3n) is 5.71. The highest BCUT2D eigenvalue weighted by molar-refractivity contribution is 5.93. The van der Waals surface area contributed by atoms with Crippen LogP contribution in [0.15, 0.2) is 6.07 Å². The van der Waals surface area contributed by atoms with Crippen molar-refractivity contribution >= 4 is 11.8 Å². The minimum Gasteiger partial charge on any atom is -0.477 e. The summed E-state index contributed by atoms with van der Waals surface area (Å²) in [5.41, 5.74) is -2.02. The maximum absolute atomic E-state index is 13.5. The highest BCUT2D eigenvalue weighted by atomic mass is 19.4. The van der Waals surface area contributed by atoms with Gasteiger partial charge in [-0.1, -0.05) is 0 Å². The van der Waals surface area contributed by atoms with Crippen molar-refractivity contribution in [1.82, 2.24) is 25.3 Å². The Bertz CT molecular complexity index is 752. The first-order valence-corrected chi connectivity index (χ1v) is 9.93. The Hall–Kier alpha value is -2.30. The molecular weight excluding hydrogens is 403 g/mol. The van der Waals surface area contributed by atoms with E-state index < -0.39 is 30.1 Å². The number of carbonyl (C=O) groups excluding carboxylic acids is 2. The third-order valence-corrected chi connectivity index (χ3v) is 5.71. The standard InChI is InChI=1S/C19H30F3N5O3/c1-6-30-16-10-13(24-25-16)17(29)27-9-7-8-14(27)12(2)23-15(28)11-18(3,26(4)5)19(20,21)22/h10,12,14H,6-9,11H2,1-5H3,(H,23,28)(H,24,25)/t12?,14-,18?/m0/s1. The van der Waals surface area contributed by atoms with E-state index in [2.05, 4.69) is 15.5 Å². The number of amides is 2. The number of hydrogen-bond acceptors (Lipinski definition) is 5. The SMILES string of the molecule is CCOc1cc(C(=O)N2CCC[C@H]2C(C)NC(=O)CC(C)(N(C)C)C(F)(F)F)[nH]n1. The molecule has 1 aliphatic rings. The molecule has 11 heteroatoms. The molecular formula is C19H30F3N5O3. The fraction of sp³-hybridized carbons (Fsp3) is 0.737. The van der Waals surface area contributed by atoms with Gasteiger partial charge in [-0.3, -0.25) is 19.6 Å². The molecule has 2 N–H and O–H groups in total. The van der Waals surface area contributed by atoms with Gasteiger partial charge in [0.2, 0.25) is 11.8 Å². The Morgan fingerprint density at radius 1 is 1.43 bits per heavy atom. The van der Waals surface area contributed by atoms with E-state index in [-0.39, 0.29) is 17.6 Å². The van der Waals surface area contributed by atoms with E-state index in [9.17, 15) is 22.8 Å². The zero-order valence-electron chi connectivity index (χ0n) is 18.0. The number of aromatic amines is 1. The summed E-state index contributed by atoms with van der Waals surface area (Å²) in [6.45, 7) is 5.41. The number of nitrogens with one attached hydrogen (secondary N) is 2. The summed E-state index contributed by atoms with van der Waals surface area (Å²) >= 11 is 0. The van der Waals surface area contributed by atoms with Crippen LogP contribution < -0.4 is 10.1 Å². The van der Waals surface area contributed by atoms with Crippen molar-refractivity contribution in [3.63, 3.8) is 0 Å². The summed E-state index contributed by atoms with van der Waals surface area (Å²) in [6.07, 6.45) is -3.91. The topological polar surface area (TPSA) is 90.6 Å². The number of nitrogens with zero attached hydrogens (tertiary/aromatic N) is 3. The number of carbonyl (C=O) groups is 2. The fourth-order valence-corrected chi connectivity index (χ4v) is 3.58. The smallest absolute Gasteiger partial charge is 0.407 e. The Morgan fingerprint density at radius 3 is 2.67 bits per heavy atom. The molecule has 1 fully saturated rings. The van der Waals surface area contributed by atoms with Crippen molar-refractivity contribution in [2.75, 3.05) is 27.2 Å². The van der Waals surface area contributed by atoms with Crippen LogP contribution in [0.3, 0.4) is 0 Å². The molecule has 1 aromatic heterocycles. The Morgan fingerprint density at radius 2 is 2.10 bits per heavy atom. The molecule has 2 unspecified atom stereocenters. The molecule has 1 aromatic rings. The molecule has 0 spiro atoms. The van der Waals surface area contributed by atoms with Crippen molar-refractivity contribution in [3.05, 3.63) is 11.8 Å². The molecule has 0 aromatic carbocycles. The number of H-pyrrole nitrogens is 1. The second-order valence-corrected chi connectivity index (χ2v) is 7.96. The van der Waals surface area contributed by atoms with Gasteiger partial charge in [-0.15, -0.1) is 5.10 Å². The monoisotopic (exact) mass is 433 g/mol. The van der Waals surface area contributed by atoms with Crippen LogP contribution in [0.5, 0.6) is 5.88 Å². The quantitative estimate of drug-likeness (QED) is 0.656. The fourth-order valence-electron chi connectivity index (χ4n) is 3.58. The Labute approximate surface area is 174 Å². The predicted octanol–water partition coefficient (Wildman–Crippen LogP) is 2.19. The number of rotatable bonds is 8. The van der Waals surface area contributed by atoms with Crippen LogP contribution in [-0.4, -0.2) is 82.9 Å². The zero-order chi connectivity index (χ0) is 22.7. The molecule has 0 radical (unpaired) electrons. The van der Waals surface area contributed by atoms with Crippen molar-refractivity contribution < 1.29 is 27.5 Å². The Balaban J connectivity index is 2.05. The normalized spacial score (nSPS) is 20.2. The maximum atomic E-state index is 13.5. The second-order valence-electron chi connectivity index (χ2n) is 7.96. The van der Waals surface area contributed by atoms with Crippen LogP contribution in [0.2, 0.25) is 0 Å². The van der Waals surface area contributed by atoms with Crippen molar-refractivity contribution in [2.45, 2.75) is 63.8 Å². The van der Waals surface area contributed by atoms with E-state index in [1.54, 1.807) is 18.7 Å². The summed E-state index contributed by atoms with van der Waals surface area (Å²) in [5, 5.41) is 9.22. The molecule has 2 rings (SSSR count). The van der Waals surface area contributed by atoms with Crippen LogP contribution in [0.4, 0.5) is 13.2 Å². The first kappa shape index (κ1) is 24.0. The highest BCUT2D eigenvalue weighted by Crippen LogP contribution is 2.36. The molecule has 8 nitrogen and oxygen atoms in total. The van der Waals surface area contributed by atoms with E-state index in [1.165, 1.54) is 20.2 Å². The molecule has 30 heavy (non-hydrogen) atoms. The van der Waals surface area contributed by atoms with Crippen molar-refractivity contribution in [2.24, 2.45) is 0 Å². The Kier molecular flexibility index (Phi) is 7.38. The zero-order valence-corrected chi connectivity index (χ0v) is 18.0. The number of alkyl halides is 3. The highest BCUT2D eigenvalue weighted by Gasteiger charge is 2.54. The van der Waals surface area contributed by atoms with Gasteiger partial charge >= 0.3 is 6.18 Å². The van der Waals surface area contributed by atoms with Crippen LogP contribution in [-0.2, 0) is 4.79 Å². The summed E-state index contributed by atoms with van der Waals surface area (Å²) < 4.78 is 45.7. The van der Waals surface area contributed by atoms with Crippen LogP contribution in [0.25, 0.3) is 0 Å². The van der Waals surface area contributed by atoms with Gasteiger partial charge in [-0.05, 0) is 47.7 Å².